The molecule has 2 heterocycles. The molecule has 1 saturated heterocycles. The standard InChI is InChI=1S/C25H35N5/c1-18(2)21-12-14-22(15-13-21)24(29-16-7-5-6-8-17-29)25-26-27-28-30(25)23-19(3)10-9-11-20(23)4/h9-11,14,21,24H,1,5-8,12-13,15-17H2,2-4H3/t21-,24?/m1/s1. The Morgan fingerprint density at radius 2 is 1.80 bits per heavy atom. The van der Waals surface area contributed by atoms with Gasteiger partial charge in [-0.05, 0) is 99.0 Å². The summed E-state index contributed by atoms with van der Waals surface area (Å²) in [4.78, 5) is 2.63. The minimum absolute atomic E-state index is 0.156. The molecule has 1 aromatic heterocycles. The van der Waals surface area contributed by atoms with Gasteiger partial charge >= 0.3 is 0 Å². The SMILES string of the molecule is C=C(C)[C@@H]1CC=C(C(c2nnnn2-c2c(C)cccc2C)N2CCCCCC2)CC1. The van der Waals surface area contributed by atoms with Crippen molar-refractivity contribution in [2.45, 2.75) is 71.8 Å². The van der Waals surface area contributed by atoms with Crippen LogP contribution in [0.2, 0.25) is 0 Å². The Balaban J connectivity index is 1.76. The fraction of sp³-hybridized carbons (Fsp3) is 0.560. The molecular formula is C25H35N5. The highest BCUT2D eigenvalue weighted by Crippen LogP contribution is 2.38. The summed E-state index contributed by atoms with van der Waals surface area (Å²) in [5.74, 6) is 1.57. The van der Waals surface area contributed by atoms with E-state index < -0.39 is 0 Å². The van der Waals surface area contributed by atoms with Crippen molar-refractivity contribution >= 4 is 0 Å². The Bertz CT molecular complexity index is 897. The maximum atomic E-state index is 4.61. The van der Waals surface area contributed by atoms with Crippen molar-refractivity contribution in [3.8, 4) is 5.69 Å². The highest BCUT2D eigenvalue weighted by molar-refractivity contribution is 5.47. The molecule has 2 atom stereocenters. The van der Waals surface area contributed by atoms with Gasteiger partial charge in [-0.15, -0.1) is 5.10 Å². The molecule has 0 amide bonds. The summed E-state index contributed by atoms with van der Waals surface area (Å²) in [7, 11) is 0. The zero-order chi connectivity index (χ0) is 21.1. The second-order valence-corrected chi connectivity index (χ2v) is 9.14. The molecule has 5 nitrogen and oxygen atoms in total. The van der Waals surface area contributed by atoms with Crippen molar-refractivity contribution in [3.05, 3.63) is 59.0 Å². The van der Waals surface area contributed by atoms with Gasteiger partial charge in [0.05, 0.1) is 11.7 Å². The first-order chi connectivity index (χ1) is 14.6. The number of nitrogens with zero attached hydrogens (tertiary/aromatic N) is 5. The number of benzene rings is 1. The van der Waals surface area contributed by atoms with Gasteiger partial charge in [0, 0.05) is 0 Å². The topological polar surface area (TPSA) is 46.8 Å². The maximum Gasteiger partial charge on any atom is 0.177 e. The number of tetrazole rings is 1. The van der Waals surface area contributed by atoms with Crippen LogP contribution in [-0.4, -0.2) is 38.2 Å². The lowest BCUT2D eigenvalue weighted by Gasteiger charge is -2.34. The van der Waals surface area contributed by atoms with Gasteiger partial charge in [-0.1, -0.05) is 49.3 Å². The fourth-order valence-corrected chi connectivity index (χ4v) is 5.13. The number of aromatic nitrogens is 4. The van der Waals surface area contributed by atoms with Gasteiger partial charge in [0.2, 0.25) is 0 Å². The summed E-state index contributed by atoms with van der Waals surface area (Å²) in [5.41, 5.74) is 6.32. The summed E-state index contributed by atoms with van der Waals surface area (Å²) in [6.07, 6.45) is 11.0. The van der Waals surface area contributed by atoms with E-state index >= 15 is 0 Å². The molecule has 30 heavy (non-hydrogen) atoms. The molecular weight excluding hydrogens is 370 g/mol. The van der Waals surface area contributed by atoms with Gasteiger partial charge in [-0.25, -0.2) is 0 Å². The fourth-order valence-electron chi connectivity index (χ4n) is 5.13. The second-order valence-electron chi connectivity index (χ2n) is 9.14. The van der Waals surface area contributed by atoms with Crippen molar-refractivity contribution in [1.82, 2.24) is 25.1 Å². The average Bonchev–Trinajstić information content (AvgIpc) is 3.03. The Labute approximate surface area is 180 Å². The van der Waals surface area contributed by atoms with E-state index in [2.05, 4.69) is 72.1 Å². The van der Waals surface area contributed by atoms with Crippen LogP contribution in [0.1, 0.15) is 74.9 Å². The third-order valence-electron chi connectivity index (χ3n) is 6.89. The van der Waals surface area contributed by atoms with Gasteiger partial charge in [0.15, 0.2) is 5.82 Å². The summed E-state index contributed by atoms with van der Waals surface area (Å²) in [6, 6.07) is 6.55. The van der Waals surface area contributed by atoms with E-state index in [0.29, 0.717) is 5.92 Å². The molecule has 1 aliphatic carbocycles. The molecule has 1 aromatic carbocycles. The van der Waals surface area contributed by atoms with Crippen LogP contribution in [0.25, 0.3) is 5.69 Å². The van der Waals surface area contributed by atoms with E-state index in [4.69, 9.17) is 0 Å². The molecule has 1 aliphatic heterocycles. The largest absolute Gasteiger partial charge is 0.290 e. The number of hydrogen-bond acceptors (Lipinski definition) is 4. The molecule has 5 heteroatoms. The molecule has 1 fully saturated rings. The van der Waals surface area contributed by atoms with Gasteiger partial charge in [-0.2, -0.15) is 4.68 Å². The molecule has 0 N–H and O–H groups in total. The lowest BCUT2D eigenvalue weighted by Crippen LogP contribution is -2.34. The van der Waals surface area contributed by atoms with E-state index in [1.54, 1.807) is 0 Å². The lowest BCUT2D eigenvalue weighted by atomic mass is 9.82. The first-order valence-corrected chi connectivity index (χ1v) is 11.5. The minimum atomic E-state index is 0.156. The summed E-state index contributed by atoms with van der Waals surface area (Å²) in [6.45, 7) is 12.9. The third-order valence-corrected chi connectivity index (χ3v) is 6.89. The summed E-state index contributed by atoms with van der Waals surface area (Å²) >= 11 is 0. The van der Waals surface area contributed by atoms with Crippen LogP contribution in [0, 0.1) is 19.8 Å². The average molecular weight is 406 g/mol. The normalized spacial score (nSPS) is 21.7. The Morgan fingerprint density at radius 1 is 1.10 bits per heavy atom. The highest BCUT2D eigenvalue weighted by atomic mass is 15.6. The zero-order valence-corrected chi connectivity index (χ0v) is 18.8. The van der Waals surface area contributed by atoms with Crippen molar-refractivity contribution in [2.75, 3.05) is 13.1 Å². The molecule has 2 aromatic rings. The van der Waals surface area contributed by atoms with Gasteiger partial charge in [0.1, 0.15) is 0 Å². The third kappa shape index (κ3) is 4.27. The smallest absolute Gasteiger partial charge is 0.177 e. The predicted molar refractivity (Wildman–Crippen MR) is 122 cm³/mol. The van der Waals surface area contributed by atoms with Crippen LogP contribution in [-0.2, 0) is 0 Å². The van der Waals surface area contributed by atoms with E-state index in [0.717, 1.165) is 37.4 Å². The van der Waals surface area contributed by atoms with Crippen molar-refractivity contribution in [3.63, 3.8) is 0 Å². The Kier molecular flexibility index (Phi) is 6.47. The van der Waals surface area contributed by atoms with Crippen molar-refractivity contribution < 1.29 is 0 Å². The maximum absolute atomic E-state index is 4.61. The molecule has 2 aliphatic rings. The lowest BCUT2D eigenvalue weighted by molar-refractivity contribution is 0.214. The summed E-state index contributed by atoms with van der Waals surface area (Å²) < 4.78 is 2.01. The number of hydrogen-bond donors (Lipinski definition) is 0. The van der Waals surface area contributed by atoms with Crippen molar-refractivity contribution in [1.29, 1.82) is 0 Å². The number of rotatable bonds is 5. The van der Waals surface area contributed by atoms with Crippen LogP contribution in [0.5, 0.6) is 0 Å². The molecule has 0 radical (unpaired) electrons. The van der Waals surface area contributed by atoms with Crippen LogP contribution < -0.4 is 0 Å². The molecule has 0 saturated carbocycles. The van der Waals surface area contributed by atoms with Gasteiger partial charge in [0.25, 0.3) is 0 Å². The minimum Gasteiger partial charge on any atom is -0.290 e. The molecule has 0 spiro atoms. The number of likely N-dealkylation sites (tertiary alicyclic amines) is 1. The van der Waals surface area contributed by atoms with Crippen LogP contribution in [0.3, 0.4) is 0 Å². The quantitative estimate of drug-likeness (QED) is 0.616. The number of aryl methyl sites for hydroxylation is 2. The molecule has 1 unspecified atom stereocenters. The molecule has 160 valence electrons. The predicted octanol–water partition coefficient (Wildman–Crippen LogP) is 5.50. The second kappa shape index (κ2) is 9.25. The van der Waals surface area contributed by atoms with E-state index in [-0.39, 0.29) is 6.04 Å². The monoisotopic (exact) mass is 405 g/mol. The van der Waals surface area contributed by atoms with E-state index in [1.165, 1.54) is 54.4 Å². The summed E-state index contributed by atoms with van der Waals surface area (Å²) in [5, 5.41) is 13.2. The first-order valence-electron chi connectivity index (χ1n) is 11.5. The molecule has 0 bridgehead atoms. The number of para-hydroxylation sites is 1. The van der Waals surface area contributed by atoms with Gasteiger partial charge in [-0.3, -0.25) is 4.90 Å². The Morgan fingerprint density at radius 3 is 2.40 bits per heavy atom. The van der Waals surface area contributed by atoms with Crippen LogP contribution in [0.4, 0.5) is 0 Å². The van der Waals surface area contributed by atoms with Gasteiger partial charge < -0.3 is 0 Å². The Hall–Kier alpha value is -2.27. The molecule has 4 rings (SSSR count). The van der Waals surface area contributed by atoms with Crippen LogP contribution >= 0.6 is 0 Å². The number of allylic oxidation sites excluding steroid dienone is 2. The first kappa shape index (κ1) is 21.0. The van der Waals surface area contributed by atoms with Crippen molar-refractivity contribution in [2.24, 2.45) is 5.92 Å². The van der Waals surface area contributed by atoms with E-state index in [9.17, 15) is 0 Å². The van der Waals surface area contributed by atoms with E-state index in [1.807, 2.05) is 4.68 Å². The zero-order valence-electron chi connectivity index (χ0n) is 18.8. The highest BCUT2D eigenvalue weighted by Gasteiger charge is 2.32. The van der Waals surface area contributed by atoms with Crippen LogP contribution in [0.15, 0.2) is 42.0 Å².